The van der Waals surface area contributed by atoms with Gasteiger partial charge in [0.2, 0.25) is 0 Å². The lowest BCUT2D eigenvalue weighted by Crippen LogP contribution is -2.23. The molecule has 8 nitrogen and oxygen atoms in total. The zero-order valence-corrected chi connectivity index (χ0v) is 18.5. The molecule has 2 N–H and O–H groups in total. The van der Waals surface area contributed by atoms with E-state index < -0.39 is 0 Å². The van der Waals surface area contributed by atoms with Crippen molar-refractivity contribution >= 4 is 16.9 Å². The SMILES string of the molecule is CC(C)c1ccc(-c2c(-c3nn(C(C)(C)C)c4ncnc(N)c34)noc2C2CC2)nc1. The zero-order valence-electron chi connectivity index (χ0n) is 18.5. The molecule has 0 spiro atoms. The fourth-order valence-electron chi connectivity index (χ4n) is 3.84. The van der Waals surface area contributed by atoms with Gasteiger partial charge in [0.15, 0.2) is 5.65 Å². The summed E-state index contributed by atoms with van der Waals surface area (Å²) >= 11 is 0. The highest BCUT2D eigenvalue weighted by atomic mass is 16.5. The van der Waals surface area contributed by atoms with E-state index in [1.807, 2.05) is 16.9 Å². The first-order chi connectivity index (χ1) is 14.8. The maximum Gasteiger partial charge on any atom is 0.164 e. The molecule has 1 fully saturated rings. The highest BCUT2D eigenvalue weighted by molar-refractivity contribution is 6.00. The van der Waals surface area contributed by atoms with Crippen molar-refractivity contribution in [3.8, 4) is 22.6 Å². The largest absolute Gasteiger partial charge is 0.383 e. The zero-order chi connectivity index (χ0) is 21.9. The Morgan fingerprint density at radius 1 is 1.10 bits per heavy atom. The van der Waals surface area contributed by atoms with E-state index in [1.165, 1.54) is 11.9 Å². The maximum absolute atomic E-state index is 6.29. The molecule has 1 saturated carbocycles. The Bertz CT molecular complexity index is 1260. The summed E-state index contributed by atoms with van der Waals surface area (Å²) in [6.45, 7) is 10.5. The number of pyridine rings is 1. The van der Waals surface area contributed by atoms with Gasteiger partial charge in [0.05, 0.1) is 22.2 Å². The minimum atomic E-state index is -0.294. The molecule has 0 bridgehead atoms. The van der Waals surface area contributed by atoms with Gasteiger partial charge in [-0.3, -0.25) is 4.98 Å². The molecule has 4 aromatic heterocycles. The molecule has 1 aliphatic carbocycles. The molecule has 0 aliphatic heterocycles. The molecule has 0 atom stereocenters. The summed E-state index contributed by atoms with van der Waals surface area (Å²) in [7, 11) is 0. The first-order valence-electron chi connectivity index (χ1n) is 10.7. The van der Waals surface area contributed by atoms with Crippen molar-refractivity contribution in [3.05, 3.63) is 36.0 Å². The Hall–Kier alpha value is -3.29. The van der Waals surface area contributed by atoms with Gasteiger partial charge in [-0.15, -0.1) is 0 Å². The van der Waals surface area contributed by atoms with Gasteiger partial charge in [0.1, 0.15) is 29.3 Å². The van der Waals surface area contributed by atoms with Gasteiger partial charge in [0.25, 0.3) is 0 Å². The summed E-state index contributed by atoms with van der Waals surface area (Å²) in [5, 5.41) is 10.1. The van der Waals surface area contributed by atoms with E-state index in [1.54, 1.807) is 0 Å². The third-order valence-electron chi connectivity index (χ3n) is 5.73. The second kappa shape index (κ2) is 6.87. The van der Waals surface area contributed by atoms with Crippen molar-refractivity contribution in [1.82, 2.24) is 29.9 Å². The van der Waals surface area contributed by atoms with E-state index in [-0.39, 0.29) is 5.54 Å². The van der Waals surface area contributed by atoms with Crippen LogP contribution < -0.4 is 5.73 Å². The molecule has 8 heteroatoms. The summed E-state index contributed by atoms with van der Waals surface area (Å²) in [6, 6.07) is 4.16. The van der Waals surface area contributed by atoms with Gasteiger partial charge in [-0.1, -0.05) is 25.1 Å². The van der Waals surface area contributed by atoms with Crippen LogP contribution in [0.15, 0.2) is 29.2 Å². The van der Waals surface area contributed by atoms with E-state index in [9.17, 15) is 0 Å². The first kappa shape index (κ1) is 19.7. The van der Waals surface area contributed by atoms with E-state index in [0.29, 0.717) is 40.1 Å². The van der Waals surface area contributed by atoms with Gasteiger partial charge in [-0.2, -0.15) is 5.10 Å². The molecular formula is C23H27N7O. The maximum atomic E-state index is 6.29. The molecular weight excluding hydrogens is 390 g/mol. The Balaban J connectivity index is 1.77. The summed E-state index contributed by atoms with van der Waals surface area (Å²) < 4.78 is 7.74. The predicted octanol–water partition coefficient (Wildman–Crippen LogP) is 4.88. The van der Waals surface area contributed by atoms with Crippen LogP contribution in [0.1, 0.15) is 70.6 Å². The number of anilines is 1. The summed E-state index contributed by atoms with van der Waals surface area (Å²) in [5.74, 6) is 2.02. The molecule has 5 rings (SSSR count). The van der Waals surface area contributed by atoms with Crippen LogP contribution in [0.2, 0.25) is 0 Å². The van der Waals surface area contributed by atoms with Crippen LogP contribution in [-0.4, -0.2) is 29.9 Å². The van der Waals surface area contributed by atoms with Crippen LogP contribution in [0.3, 0.4) is 0 Å². The Labute approximate surface area is 180 Å². The number of rotatable bonds is 4. The van der Waals surface area contributed by atoms with Crippen LogP contribution in [0, 0.1) is 0 Å². The average Bonchev–Trinajstić information content (AvgIpc) is 3.33. The monoisotopic (exact) mass is 417 g/mol. The summed E-state index contributed by atoms with van der Waals surface area (Å²) in [5.41, 5.74) is 10.9. The van der Waals surface area contributed by atoms with E-state index in [2.05, 4.69) is 55.8 Å². The lowest BCUT2D eigenvalue weighted by atomic mass is 10.0. The molecule has 160 valence electrons. The van der Waals surface area contributed by atoms with Crippen LogP contribution in [0.4, 0.5) is 5.82 Å². The standard InChI is InChI=1S/C23H27N7O/c1-12(2)14-8-9-15(25-10-14)16-19(29-31-20(16)13-6-7-13)18-17-21(24)26-11-27-22(17)30(28-18)23(3,4)5/h8-13H,6-7H2,1-5H3,(H2,24,26,27). The molecule has 0 unspecified atom stereocenters. The lowest BCUT2D eigenvalue weighted by molar-refractivity contribution is 0.365. The van der Waals surface area contributed by atoms with Crippen LogP contribution in [0.25, 0.3) is 33.7 Å². The third kappa shape index (κ3) is 3.26. The minimum Gasteiger partial charge on any atom is -0.383 e. The second-order valence-electron chi connectivity index (χ2n) is 9.56. The number of nitrogens with zero attached hydrogens (tertiary/aromatic N) is 6. The molecule has 4 aromatic rings. The molecule has 31 heavy (non-hydrogen) atoms. The number of aromatic nitrogens is 6. The number of fused-ring (bicyclic) bond motifs is 1. The Kier molecular flexibility index (Phi) is 4.35. The highest BCUT2D eigenvalue weighted by Gasteiger charge is 2.36. The van der Waals surface area contributed by atoms with Crippen LogP contribution in [-0.2, 0) is 5.54 Å². The Morgan fingerprint density at radius 2 is 1.87 bits per heavy atom. The quantitative estimate of drug-likeness (QED) is 0.504. The smallest absolute Gasteiger partial charge is 0.164 e. The Morgan fingerprint density at radius 3 is 2.48 bits per heavy atom. The average molecular weight is 418 g/mol. The van der Waals surface area contributed by atoms with Gasteiger partial charge < -0.3 is 10.3 Å². The molecule has 0 amide bonds. The molecule has 1 aliphatic rings. The number of nitrogen functional groups attached to an aromatic ring is 1. The van der Waals surface area contributed by atoms with Gasteiger partial charge in [-0.25, -0.2) is 14.6 Å². The number of hydrogen-bond donors (Lipinski definition) is 1. The molecule has 4 heterocycles. The van der Waals surface area contributed by atoms with E-state index in [0.717, 1.165) is 29.9 Å². The highest BCUT2D eigenvalue weighted by Crippen LogP contribution is 2.48. The minimum absolute atomic E-state index is 0.294. The fraction of sp³-hybridized carbons (Fsp3) is 0.435. The molecule has 0 saturated heterocycles. The van der Waals surface area contributed by atoms with Crippen molar-refractivity contribution < 1.29 is 4.52 Å². The number of hydrogen-bond acceptors (Lipinski definition) is 7. The van der Waals surface area contributed by atoms with Crippen molar-refractivity contribution in [2.45, 2.75) is 64.8 Å². The first-order valence-corrected chi connectivity index (χ1v) is 10.7. The van der Waals surface area contributed by atoms with Crippen molar-refractivity contribution in [1.29, 1.82) is 0 Å². The number of nitrogens with two attached hydrogens (primary N) is 1. The van der Waals surface area contributed by atoms with Crippen molar-refractivity contribution in [3.63, 3.8) is 0 Å². The van der Waals surface area contributed by atoms with Gasteiger partial charge in [-0.05, 0) is 51.2 Å². The predicted molar refractivity (Wildman–Crippen MR) is 120 cm³/mol. The van der Waals surface area contributed by atoms with Crippen LogP contribution in [0.5, 0.6) is 0 Å². The van der Waals surface area contributed by atoms with E-state index >= 15 is 0 Å². The van der Waals surface area contributed by atoms with E-state index in [4.69, 9.17) is 20.3 Å². The molecule has 0 radical (unpaired) electrons. The van der Waals surface area contributed by atoms with Crippen molar-refractivity contribution in [2.24, 2.45) is 0 Å². The second-order valence-corrected chi connectivity index (χ2v) is 9.56. The molecule has 0 aromatic carbocycles. The van der Waals surface area contributed by atoms with Gasteiger partial charge in [0, 0.05) is 12.1 Å². The summed E-state index contributed by atoms with van der Waals surface area (Å²) in [6.07, 6.45) is 5.58. The normalized spacial score (nSPS) is 14.6. The third-order valence-corrected chi connectivity index (χ3v) is 5.73. The fourth-order valence-corrected chi connectivity index (χ4v) is 3.84. The topological polar surface area (TPSA) is 109 Å². The summed E-state index contributed by atoms with van der Waals surface area (Å²) in [4.78, 5) is 13.5. The lowest BCUT2D eigenvalue weighted by Gasteiger charge is -2.19. The van der Waals surface area contributed by atoms with Crippen LogP contribution >= 0.6 is 0 Å². The van der Waals surface area contributed by atoms with Crippen molar-refractivity contribution in [2.75, 3.05) is 5.73 Å². The van der Waals surface area contributed by atoms with Gasteiger partial charge >= 0.3 is 0 Å².